The first-order valence-electron chi connectivity index (χ1n) is 11.7. The predicted octanol–water partition coefficient (Wildman–Crippen LogP) is 5.75. The van der Waals surface area contributed by atoms with Gasteiger partial charge in [-0.05, 0) is 67.4 Å². The standard InChI is InChI=1S/C28H27FN4O3/c1-3-35-25-12-11-19(13-26(25)36-4-2)16-30-27(34)21-8-6-10-24(15-21)33-28-31-17-22(18-32-28)20-7-5-9-23(29)14-20/h5-15,17-18H,3-4,16H2,1-2H3,(H,30,34)(H,31,32,33). The fourth-order valence-corrected chi connectivity index (χ4v) is 3.57. The Labute approximate surface area is 209 Å². The molecule has 2 N–H and O–H groups in total. The van der Waals surface area contributed by atoms with E-state index in [-0.39, 0.29) is 11.7 Å². The number of hydrogen-bond donors (Lipinski definition) is 2. The summed E-state index contributed by atoms with van der Waals surface area (Å²) >= 11 is 0. The smallest absolute Gasteiger partial charge is 0.251 e. The zero-order valence-electron chi connectivity index (χ0n) is 20.1. The van der Waals surface area contributed by atoms with E-state index in [0.29, 0.717) is 59.6 Å². The van der Waals surface area contributed by atoms with Crippen molar-refractivity contribution < 1.29 is 18.7 Å². The lowest BCUT2D eigenvalue weighted by Gasteiger charge is -2.13. The van der Waals surface area contributed by atoms with Crippen molar-refractivity contribution in [1.82, 2.24) is 15.3 Å². The van der Waals surface area contributed by atoms with E-state index in [1.165, 1.54) is 12.1 Å². The summed E-state index contributed by atoms with van der Waals surface area (Å²) in [6, 6.07) is 18.9. The quantitative estimate of drug-likeness (QED) is 0.297. The number of nitrogens with zero attached hydrogens (tertiary/aromatic N) is 2. The number of rotatable bonds is 10. The number of benzene rings is 3. The summed E-state index contributed by atoms with van der Waals surface area (Å²) in [4.78, 5) is 21.4. The minimum atomic E-state index is -0.318. The summed E-state index contributed by atoms with van der Waals surface area (Å²) in [5.74, 6) is 1.17. The molecule has 4 aromatic rings. The van der Waals surface area contributed by atoms with E-state index in [9.17, 15) is 9.18 Å². The lowest BCUT2D eigenvalue weighted by atomic mass is 10.1. The van der Waals surface area contributed by atoms with Crippen LogP contribution in [0.4, 0.5) is 16.0 Å². The van der Waals surface area contributed by atoms with E-state index in [2.05, 4.69) is 20.6 Å². The van der Waals surface area contributed by atoms with E-state index in [0.717, 1.165) is 5.56 Å². The number of carbonyl (C=O) groups excluding carboxylic acids is 1. The van der Waals surface area contributed by atoms with Gasteiger partial charge in [-0.15, -0.1) is 0 Å². The third-order valence-electron chi connectivity index (χ3n) is 5.25. The molecule has 0 atom stereocenters. The number of nitrogens with one attached hydrogen (secondary N) is 2. The van der Waals surface area contributed by atoms with E-state index in [1.807, 2.05) is 38.1 Å². The van der Waals surface area contributed by atoms with E-state index in [4.69, 9.17) is 9.47 Å². The molecular formula is C28H27FN4O3. The van der Waals surface area contributed by atoms with Crippen molar-refractivity contribution in [2.24, 2.45) is 0 Å². The molecule has 0 aliphatic carbocycles. The van der Waals surface area contributed by atoms with Gasteiger partial charge in [0.1, 0.15) is 5.82 Å². The second-order valence-electron chi connectivity index (χ2n) is 7.84. The van der Waals surface area contributed by atoms with Gasteiger partial charge in [-0.3, -0.25) is 4.79 Å². The number of amides is 1. The first kappa shape index (κ1) is 24.7. The van der Waals surface area contributed by atoms with Crippen molar-refractivity contribution in [2.75, 3.05) is 18.5 Å². The first-order chi connectivity index (χ1) is 17.6. The minimum Gasteiger partial charge on any atom is -0.490 e. The molecule has 7 nitrogen and oxygen atoms in total. The number of carbonyl (C=O) groups is 1. The Hall–Kier alpha value is -4.46. The summed E-state index contributed by atoms with van der Waals surface area (Å²) in [6.07, 6.45) is 3.24. The maximum absolute atomic E-state index is 13.5. The van der Waals surface area contributed by atoms with Crippen LogP contribution in [-0.4, -0.2) is 29.1 Å². The van der Waals surface area contributed by atoms with E-state index >= 15 is 0 Å². The van der Waals surface area contributed by atoms with Crippen molar-refractivity contribution in [3.63, 3.8) is 0 Å². The Bertz CT molecular complexity index is 1330. The molecule has 1 aromatic heterocycles. The number of ether oxygens (including phenoxy) is 2. The molecule has 1 heterocycles. The van der Waals surface area contributed by atoms with Crippen LogP contribution in [-0.2, 0) is 6.54 Å². The fourth-order valence-electron chi connectivity index (χ4n) is 3.57. The second kappa shape index (κ2) is 11.8. The Morgan fingerprint density at radius 1 is 0.861 bits per heavy atom. The van der Waals surface area contributed by atoms with Crippen molar-refractivity contribution >= 4 is 17.5 Å². The summed E-state index contributed by atoms with van der Waals surface area (Å²) in [5.41, 5.74) is 3.46. The Morgan fingerprint density at radius 2 is 1.61 bits per heavy atom. The minimum absolute atomic E-state index is 0.215. The van der Waals surface area contributed by atoms with Gasteiger partial charge < -0.3 is 20.1 Å². The van der Waals surface area contributed by atoms with Crippen molar-refractivity contribution in [1.29, 1.82) is 0 Å². The maximum atomic E-state index is 13.5. The molecule has 3 aromatic carbocycles. The zero-order valence-corrected chi connectivity index (χ0v) is 20.1. The second-order valence-corrected chi connectivity index (χ2v) is 7.84. The Morgan fingerprint density at radius 3 is 2.36 bits per heavy atom. The van der Waals surface area contributed by atoms with Gasteiger partial charge in [0.05, 0.1) is 13.2 Å². The lowest BCUT2D eigenvalue weighted by molar-refractivity contribution is 0.0951. The molecule has 0 bridgehead atoms. The maximum Gasteiger partial charge on any atom is 0.251 e. The largest absolute Gasteiger partial charge is 0.490 e. The van der Waals surface area contributed by atoms with Crippen LogP contribution in [0.25, 0.3) is 11.1 Å². The van der Waals surface area contributed by atoms with Gasteiger partial charge in [-0.1, -0.05) is 24.3 Å². The summed E-state index contributed by atoms with van der Waals surface area (Å²) in [5, 5.41) is 6.03. The number of hydrogen-bond acceptors (Lipinski definition) is 6. The highest BCUT2D eigenvalue weighted by Gasteiger charge is 2.10. The monoisotopic (exact) mass is 486 g/mol. The molecule has 0 fully saturated rings. The first-order valence-corrected chi connectivity index (χ1v) is 11.7. The molecule has 4 rings (SSSR count). The van der Waals surface area contributed by atoms with E-state index in [1.54, 1.807) is 42.7 Å². The van der Waals surface area contributed by atoms with Crippen LogP contribution < -0.4 is 20.1 Å². The van der Waals surface area contributed by atoms with Gasteiger partial charge in [0.25, 0.3) is 5.91 Å². The van der Waals surface area contributed by atoms with Crippen molar-refractivity contribution in [2.45, 2.75) is 20.4 Å². The van der Waals surface area contributed by atoms with Gasteiger partial charge in [0, 0.05) is 35.8 Å². The average Bonchev–Trinajstić information content (AvgIpc) is 2.89. The molecule has 1 amide bonds. The molecular weight excluding hydrogens is 459 g/mol. The molecule has 0 aliphatic rings. The van der Waals surface area contributed by atoms with Gasteiger partial charge in [0.15, 0.2) is 11.5 Å². The third kappa shape index (κ3) is 6.35. The summed E-state index contributed by atoms with van der Waals surface area (Å²) in [6.45, 7) is 5.24. The molecule has 8 heteroatoms. The van der Waals surface area contributed by atoms with Crippen LogP contribution >= 0.6 is 0 Å². The van der Waals surface area contributed by atoms with Crippen LogP contribution in [0, 0.1) is 5.82 Å². The predicted molar refractivity (Wildman–Crippen MR) is 137 cm³/mol. The molecule has 184 valence electrons. The number of halogens is 1. The average molecular weight is 487 g/mol. The van der Waals surface area contributed by atoms with Crippen LogP contribution in [0.3, 0.4) is 0 Å². The highest BCUT2D eigenvalue weighted by atomic mass is 19.1. The van der Waals surface area contributed by atoms with Crippen LogP contribution in [0.5, 0.6) is 11.5 Å². The molecule has 0 saturated heterocycles. The van der Waals surface area contributed by atoms with Crippen LogP contribution in [0.1, 0.15) is 29.8 Å². The normalized spacial score (nSPS) is 10.5. The molecule has 0 unspecified atom stereocenters. The molecule has 0 radical (unpaired) electrons. The van der Waals surface area contributed by atoms with Crippen LogP contribution in [0.2, 0.25) is 0 Å². The van der Waals surface area contributed by atoms with Gasteiger partial charge in [-0.2, -0.15) is 0 Å². The zero-order chi connectivity index (χ0) is 25.3. The molecule has 0 spiro atoms. The Balaban J connectivity index is 1.39. The van der Waals surface area contributed by atoms with Gasteiger partial charge in [-0.25, -0.2) is 14.4 Å². The van der Waals surface area contributed by atoms with Gasteiger partial charge >= 0.3 is 0 Å². The molecule has 0 saturated carbocycles. The summed E-state index contributed by atoms with van der Waals surface area (Å²) in [7, 11) is 0. The lowest BCUT2D eigenvalue weighted by Crippen LogP contribution is -2.22. The number of anilines is 2. The Kier molecular flexibility index (Phi) is 8.08. The van der Waals surface area contributed by atoms with Crippen LogP contribution in [0.15, 0.2) is 79.1 Å². The highest BCUT2D eigenvalue weighted by molar-refractivity contribution is 5.95. The van der Waals surface area contributed by atoms with E-state index < -0.39 is 0 Å². The third-order valence-corrected chi connectivity index (χ3v) is 5.25. The number of aromatic nitrogens is 2. The molecule has 36 heavy (non-hydrogen) atoms. The van der Waals surface area contributed by atoms with Crippen molar-refractivity contribution in [3.05, 3.63) is 96.1 Å². The summed E-state index contributed by atoms with van der Waals surface area (Å²) < 4.78 is 24.7. The SMILES string of the molecule is CCOc1ccc(CNC(=O)c2cccc(Nc3ncc(-c4cccc(F)c4)cn3)c2)cc1OCC. The highest BCUT2D eigenvalue weighted by Crippen LogP contribution is 2.28. The fraction of sp³-hybridized carbons (Fsp3) is 0.179. The topological polar surface area (TPSA) is 85.4 Å². The van der Waals surface area contributed by atoms with Gasteiger partial charge in [0.2, 0.25) is 5.95 Å². The molecule has 0 aliphatic heterocycles. The van der Waals surface area contributed by atoms with Crippen molar-refractivity contribution in [3.8, 4) is 22.6 Å².